The van der Waals surface area contributed by atoms with Gasteiger partial charge in [0.1, 0.15) is 0 Å². The van der Waals surface area contributed by atoms with Crippen molar-refractivity contribution in [2.45, 2.75) is 32.7 Å². The van der Waals surface area contributed by atoms with Gasteiger partial charge in [0.15, 0.2) is 6.29 Å². The van der Waals surface area contributed by atoms with Gasteiger partial charge in [0.05, 0.1) is 12.7 Å². The molecular formula is C13H18O2. The lowest BCUT2D eigenvalue weighted by Crippen LogP contribution is -2.30. The summed E-state index contributed by atoms with van der Waals surface area (Å²) < 4.78 is 11.5. The van der Waals surface area contributed by atoms with Crippen LogP contribution in [0.5, 0.6) is 0 Å². The van der Waals surface area contributed by atoms with Crippen LogP contribution in [0.4, 0.5) is 0 Å². The summed E-state index contributed by atoms with van der Waals surface area (Å²) in [6, 6.07) is 10.1. The van der Waals surface area contributed by atoms with Gasteiger partial charge in [-0.15, -0.1) is 0 Å². The SMILES string of the molecule is CC(C)[C@H]1CCO[C@@H](c2ccccc2)O1. The summed E-state index contributed by atoms with van der Waals surface area (Å²) in [5, 5.41) is 0. The van der Waals surface area contributed by atoms with Crippen molar-refractivity contribution >= 4 is 0 Å². The van der Waals surface area contributed by atoms with Gasteiger partial charge in [-0.1, -0.05) is 44.2 Å². The smallest absolute Gasteiger partial charge is 0.184 e. The third kappa shape index (κ3) is 2.58. The zero-order valence-corrected chi connectivity index (χ0v) is 9.35. The van der Waals surface area contributed by atoms with E-state index in [1.165, 1.54) is 0 Å². The first-order valence-electron chi connectivity index (χ1n) is 5.59. The minimum absolute atomic E-state index is 0.174. The minimum Gasteiger partial charge on any atom is -0.348 e. The van der Waals surface area contributed by atoms with Crippen molar-refractivity contribution in [1.29, 1.82) is 0 Å². The van der Waals surface area contributed by atoms with Gasteiger partial charge in [-0.05, 0) is 12.3 Å². The molecule has 1 aromatic carbocycles. The Morgan fingerprint density at radius 2 is 1.93 bits per heavy atom. The van der Waals surface area contributed by atoms with Crippen molar-refractivity contribution in [3.63, 3.8) is 0 Å². The van der Waals surface area contributed by atoms with Gasteiger partial charge in [0.2, 0.25) is 0 Å². The van der Waals surface area contributed by atoms with Gasteiger partial charge in [0, 0.05) is 5.56 Å². The number of benzene rings is 1. The molecule has 0 aliphatic carbocycles. The lowest BCUT2D eigenvalue weighted by Gasteiger charge is -2.32. The molecule has 0 unspecified atom stereocenters. The van der Waals surface area contributed by atoms with Crippen molar-refractivity contribution in [2.75, 3.05) is 6.61 Å². The second-order valence-corrected chi connectivity index (χ2v) is 4.32. The standard InChI is InChI=1S/C13H18O2/c1-10(2)12-8-9-14-13(15-12)11-6-4-3-5-7-11/h3-7,10,12-13H,8-9H2,1-2H3/t12-,13-/m1/s1. The average Bonchev–Trinajstić information content (AvgIpc) is 2.30. The largest absolute Gasteiger partial charge is 0.348 e. The molecule has 2 atom stereocenters. The maximum atomic E-state index is 5.91. The highest BCUT2D eigenvalue weighted by molar-refractivity contribution is 5.16. The van der Waals surface area contributed by atoms with Crippen LogP contribution in [-0.4, -0.2) is 12.7 Å². The third-order valence-corrected chi connectivity index (χ3v) is 2.79. The Balaban J connectivity index is 2.05. The molecule has 0 N–H and O–H groups in total. The molecule has 2 nitrogen and oxygen atoms in total. The van der Waals surface area contributed by atoms with Crippen molar-refractivity contribution in [1.82, 2.24) is 0 Å². The Morgan fingerprint density at radius 1 is 1.20 bits per heavy atom. The lowest BCUT2D eigenvalue weighted by atomic mass is 10.0. The van der Waals surface area contributed by atoms with Gasteiger partial charge in [-0.3, -0.25) is 0 Å². The van der Waals surface area contributed by atoms with E-state index in [0.29, 0.717) is 12.0 Å². The van der Waals surface area contributed by atoms with Gasteiger partial charge in [0.25, 0.3) is 0 Å². The Bertz CT molecular complexity index is 295. The molecule has 0 spiro atoms. The maximum Gasteiger partial charge on any atom is 0.184 e. The van der Waals surface area contributed by atoms with Crippen molar-refractivity contribution in [2.24, 2.45) is 5.92 Å². The summed E-state index contributed by atoms with van der Waals surface area (Å²) in [6.45, 7) is 5.18. The zero-order chi connectivity index (χ0) is 10.7. The van der Waals surface area contributed by atoms with Crippen LogP contribution in [0.3, 0.4) is 0 Å². The van der Waals surface area contributed by atoms with Crippen LogP contribution in [0.15, 0.2) is 30.3 Å². The van der Waals surface area contributed by atoms with E-state index in [1.54, 1.807) is 0 Å². The molecule has 1 saturated heterocycles. The second kappa shape index (κ2) is 4.77. The first kappa shape index (κ1) is 10.7. The monoisotopic (exact) mass is 206 g/mol. The predicted molar refractivity (Wildman–Crippen MR) is 59.5 cm³/mol. The molecule has 1 aromatic rings. The van der Waals surface area contributed by atoms with Gasteiger partial charge in [-0.2, -0.15) is 0 Å². The normalized spacial score (nSPS) is 26.9. The molecule has 1 heterocycles. The van der Waals surface area contributed by atoms with E-state index in [9.17, 15) is 0 Å². The highest BCUT2D eigenvalue weighted by atomic mass is 16.7. The molecule has 15 heavy (non-hydrogen) atoms. The van der Waals surface area contributed by atoms with Crippen LogP contribution in [0.1, 0.15) is 32.1 Å². The Morgan fingerprint density at radius 3 is 2.60 bits per heavy atom. The Hall–Kier alpha value is -0.860. The number of rotatable bonds is 2. The summed E-state index contributed by atoms with van der Waals surface area (Å²) in [7, 11) is 0. The summed E-state index contributed by atoms with van der Waals surface area (Å²) in [6.07, 6.45) is 1.15. The van der Waals surface area contributed by atoms with Gasteiger partial charge in [-0.25, -0.2) is 0 Å². The van der Waals surface area contributed by atoms with E-state index in [2.05, 4.69) is 13.8 Å². The Labute approximate surface area is 91.2 Å². The summed E-state index contributed by atoms with van der Waals surface area (Å²) in [5.41, 5.74) is 1.11. The summed E-state index contributed by atoms with van der Waals surface area (Å²) in [5.74, 6) is 0.556. The average molecular weight is 206 g/mol. The summed E-state index contributed by atoms with van der Waals surface area (Å²) in [4.78, 5) is 0. The van der Waals surface area contributed by atoms with E-state index in [1.807, 2.05) is 30.3 Å². The molecular weight excluding hydrogens is 188 g/mol. The van der Waals surface area contributed by atoms with E-state index >= 15 is 0 Å². The summed E-state index contributed by atoms with van der Waals surface area (Å²) >= 11 is 0. The van der Waals surface area contributed by atoms with E-state index in [-0.39, 0.29) is 6.29 Å². The van der Waals surface area contributed by atoms with Crippen molar-refractivity contribution in [3.05, 3.63) is 35.9 Å². The van der Waals surface area contributed by atoms with Gasteiger partial charge < -0.3 is 9.47 Å². The fourth-order valence-corrected chi connectivity index (χ4v) is 1.83. The molecule has 0 radical (unpaired) electrons. The van der Waals surface area contributed by atoms with Crippen LogP contribution in [0.2, 0.25) is 0 Å². The minimum atomic E-state index is -0.174. The van der Waals surface area contributed by atoms with Crippen molar-refractivity contribution < 1.29 is 9.47 Å². The number of hydrogen-bond donors (Lipinski definition) is 0. The zero-order valence-electron chi connectivity index (χ0n) is 9.35. The second-order valence-electron chi connectivity index (χ2n) is 4.32. The molecule has 0 amide bonds. The Kier molecular flexibility index (Phi) is 3.39. The third-order valence-electron chi connectivity index (χ3n) is 2.79. The van der Waals surface area contributed by atoms with Crippen molar-refractivity contribution in [3.8, 4) is 0 Å². The van der Waals surface area contributed by atoms with E-state index in [0.717, 1.165) is 18.6 Å². The fourth-order valence-electron chi connectivity index (χ4n) is 1.83. The molecule has 0 bridgehead atoms. The highest BCUT2D eigenvalue weighted by Crippen LogP contribution is 2.28. The molecule has 0 aromatic heterocycles. The lowest BCUT2D eigenvalue weighted by molar-refractivity contribution is -0.226. The molecule has 1 aliphatic heterocycles. The molecule has 1 fully saturated rings. The molecule has 82 valence electrons. The van der Waals surface area contributed by atoms with Gasteiger partial charge >= 0.3 is 0 Å². The first-order valence-corrected chi connectivity index (χ1v) is 5.59. The molecule has 1 aliphatic rings. The number of ether oxygens (including phenoxy) is 2. The molecule has 0 saturated carbocycles. The van der Waals surface area contributed by atoms with Crippen LogP contribution < -0.4 is 0 Å². The number of hydrogen-bond acceptors (Lipinski definition) is 2. The maximum absolute atomic E-state index is 5.91. The van der Waals surface area contributed by atoms with Crippen LogP contribution in [-0.2, 0) is 9.47 Å². The topological polar surface area (TPSA) is 18.5 Å². The molecule has 2 rings (SSSR count). The van der Waals surface area contributed by atoms with E-state index < -0.39 is 0 Å². The fraction of sp³-hybridized carbons (Fsp3) is 0.538. The highest BCUT2D eigenvalue weighted by Gasteiger charge is 2.25. The molecule has 2 heteroatoms. The van der Waals surface area contributed by atoms with Crippen LogP contribution in [0, 0.1) is 5.92 Å². The van der Waals surface area contributed by atoms with Crippen LogP contribution in [0.25, 0.3) is 0 Å². The first-order chi connectivity index (χ1) is 7.27. The quantitative estimate of drug-likeness (QED) is 0.740. The predicted octanol–water partition coefficient (Wildman–Crippen LogP) is 3.15. The van der Waals surface area contributed by atoms with Crippen LogP contribution >= 0.6 is 0 Å². The van der Waals surface area contributed by atoms with E-state index in [4.69, 9.17) is 9.47 Å².